The van der Waals surface area contributed by atoms with E-state index in [1.807, 2.05) is 6.07 Å². The highest BCUT2D eigenvalue weighted by Gasteiger charge is 2.43. The fraction of sp³-hybridized carbons (Fsp3) is 0.600. The number of sulfonamides is 1. The van der Waals surface area contributed by atoms with E-state index in [1.54, 1.807) is 12.1 Å². The summed E-state index contributed by atoms with van der Waals surface area (Å²) in [5.74, 6) is -0.0594. The molecular weight excluding hydrogens is 517 g/mol. The van der Waals surface area contributed by atoms with Gasteiger partial charge in [0, 0.05) is 49.0 Å². The van der Waals surface area contributed by atoms with Gasteiger partial charge in [0.05, 0.1) is 23.2 Å². The minimum Gasteiger partial charge on any atom is -0.368 e. The molecule has 12 heteroatoms. The summed E-state index contributed by atoms with van der Waals surface area (Å²) in [6.07, 6.45) is 4.10. The molecule has 9 nitrogen and oxygen atoms in total. The summed E-state index contributed by atoms with van der Waals surface area (Å²) in [7, 11) is -1.08. The number of nitrogens with one attached hydrogen (secondary N) is 2. The minimum absolute atomic E-state index is 0.0451. The molecular formula is C25H37ClFN7O2S. The Morgan fingerprint density at radius 2 is 1.70 bits per heavy atom. The van der Waals surface area contributed by atoms with Crippen molar-refractivity contribution in [3.63, 3.8) is 0 Å². The second-order valence-electron chi connectivity index (χ2n) is 11.3. The molecule has 1 aromatic carbocycles. The van der Waals surface area contributed by atoms with Crippen LogP contribution >= 0.6 is 11.6 Å². The van der Waals surface area contributed by atoms with Crippen LogP contribution in [0.25, 0.3) is 0 Å². The molecule has 204 valence electrons. The topological polar surface area (TPSA) is 93.7 Å². The Bertz CT molecular complexity index is 1230. The molecule has 2 fully saturated rings. The van der Waals surface area contributed by atoms with Crippen molar-refractivity contribution in [3.8, 4) is 0 Å². The zero-order chi connectivity index (χ0) is 27.2. The highest BCUT2D eigenvalue weighted by atomic mass is 35.5. The van der Waals surface area contributed by atoms with Gasteiger partial charge in [-0.15, -0.1) is 0 Å². The van der Waals surface area contributed by atoms with Gasteiger partial charge in [-0.25, -0.2) is 17.8 Å². The largest absolute Gasteiger partial charge is 0.368 e. The molecule has 2 N–H and O–H groups in total. The minimum atomic E-state index is -3.22. The fourth-order valence-corrected chi connectivity index (χ4v) is 6.48. The van der Waals surface area contributed by atoms with Crippen LogP contribution in [0.1, 0.15) is 40.5 Å². The van der Waals surface area contributed by atoms with Gasteiger partial charge in [0.1, 0.15) is 0 Å². The first-order chi connectivity index (χ1) is 17.2. The summed E-state index contributed by atoms with van der Waals surface area (Å²) >= 11 is 6.47. The molecule has 2 saturated heterocycles. The van der Waals surface area contributed by atoms with Crippen LogP contribution in [0.15, 0.2) is 24.4 Å². The summed E-state index contributed by atoms with van der Waals surface area (Å²) < 4.78 is 39.8. The van der Waals surface area contributed by atoms with E-state index < -0.39 is 15.8 Å². The number of hydrogen-bond acceptors (Lipinski definition) is 8. The number of rotatable bonds is 6. The van der Waals surface area contributed by atoms with Crippen LogP contribution in [0.4, 0.5) is 27.5 Å². The average Bonchev–Trinajstić information content (AvgIpc) is 2.80. The van der Waals surface area contributed by atoms with Crippen LogP contribution in [0.2, 0.25) is 5.02 Å². The summed E-state index contributed by atoms with van der Waals surface area (Å²) in [6.45, 7) is 10.6. The van der Waals surface area contributed by atoms with Crippen LogP contribution in [0.3, 0.4) is 0 Å². The predicted octanol–water partition coefficient (Wildman–Crippen LogP) is 4.16. The molecule has 37 heavy (non-hydrogen) atoms. The highest BCUT2D eigenvalue weighted by molar-refractivity contribution is 7.88. The molecule has 0 spiro atoms. The van der Waals surface area contributed by atoms with Crippen molar-refractivity contribution in [1.29, 1.82) is 0 Å². The van der Waals surface area contributed by atoms with E-state index >= 15 is 0 Å². The summed E-state index contributed by atoms with van der Waals surface area (Å²) in [5, 5.41) is 7.04. The van der Waals surface area contributed by atoms with Gasteiger partial charge in [-0.05, 0) is 65.8 Å². The quantitative estimate of drug-likeness (QED) is 0.551. The van der Waals surface area contributed by atoms with Gasteiger partial charge in [-0.2, -0.15) is 9.29 Å². The summed E-state index contributed by atoms with van der Waals surface area (Å²) in [4.78, 5) is 13.0. The summed E-state index contributed by atoms with van der Waals surface area (Å²) in [6, 6.07) is 5.51. The van der Waals surface area contributed by atoms with E-state index in [0.29, 0.717) is 36.9 Å². The van der Waals surface area contributed by atoms with Crippen molar-refractivity contribution in [2.75, 3.05) is 55.0 Å². The lowest BCUT2D eigenvalue weighted by atomic mass is 9.77. The SMILES string of the molecule is CN1C(C)(C)CC(Nc2nc(Nc3ccc(Cl)c(N4CCN(S(C)(=O)=O)CC4)c3)ncc2F)CC1(C)C. The maximum absolute atomic E-state index is 14.7. The number of benzene rings is 1. The van der Waals surface area contributed by atoms with Gasteiger partial charge in [0.2, 0.25) is 16.0 Å². The third kappa shape index (κ3) is 6.27. The van der Waals surface area contributed by atoms with Crippen LogP contribution in [-0.2, 0) is 10.0 Å². The van der Waals surface area contributed by atoms with Crippen molar-refractivity contribution in [2.24, 2.45) is 0 Å². The van der Waals surface area contributed by atoms with E-state index in [2.05, 4.69) is 65.1 Å². The lowest BCUT2D eigenvalue weighted by molar-refractivity contribution is -0.00778. The predicted molar refractivity (Wildman–Crippen MR) is 148 cm³/mol. The molecule has 0 aliphatic carbocycles. The number of likely N-dealkylation sites (tertiary alicyclic amines) is 1. The van der Waals surface area contributed by atoms with Crippen molar-refractivity contribution in [1.82, 2.24) is 19.2 Å². The van der Waals surface area contributed by atoms with E-state index in [4.69, 9.17) is 11.6 Å². The Balaban J connectivity index is 1.48. The van der Waals surface area contributed by atoms with Crippen molar-refractivity contribution >= 4 is 44.8 Å². The van der Waals surface area contributed by atoms with E-state index in [9.17, 15) is 12.8 Å². The lowest BCUT2D eigenvalue weighted by Crippen LogP contribution is -2.61. The number of piperazine rings is 1. The monoisotopic (exact) mass is 553 g/mol. The molecule has 4 rings (SSSR count). The summed E-state index contributed by atoms with van der Waals surface area (Å²) in [5.41, 5.74) is 1.40. The van der Waals surface area contributed by atoms with Crippen molar-refractivity contribution < 1.29 is 12.8 Å². The normalized spacial score (nSPS) is 21.1. The number of nitrogens with zero attached hydrogens (tertiary/aromatic N) is 5. The van der Waals surface area contributed by atoms with Crippen molar-refractivity contribution in [3.05, 3.63) is 35.2 Å². The average molecular weight is 554 g/mol. The molecule has 0 unspecified atom stereocenters. The Labute approximate surface area is 224 Å². The Morgan fingerprint density at radius 3 is 2.30 bits per heavy atom. The number of hydrogen-bond donors (Lipinski definition) is 2. The van der Waals surface area contributed by atoms with Gasteiger partial charge < -0.3 is 15.5 Å². The third-order valence-corrected chi connectivity index (χ3v) is 9.27. The molecule has 1 aromatic heterocycles. The maximum Gasteiger partial charge on any atom is 0.229 e. The molecule has 0 radical (unpaired) electrons. The zero-order valence-corrected chi connectivity index (χ0v) is 23.9. The van der Waals surface area contributed by atoms with Gasteiger partial charge in [0.15, 0.2) is 11.6 Å². The highest BCUT2D eigenvalue weighted by Crippen LogP contribution is 2.38. The van der Waals surface area contributed by atoms with E-state index in [0.717, 1.165) is 18.5 Å². The zero-order valence-electron chi connectivity index (χ0n) is 22.3. The first kappa shape index (κ1) is 27.8. The Morgan fingerprint density at radius 1 is 1.08 bits per heavy atom. The van der Waals surface area contributed by atoms with Crippen LogP contribution in [-0.4, -0.2) is 84.2 Å². The molecule has 2 aromatic rings. The second kappa shape index (κ2) is 10.2. The number of piperidine rings is 1. The van der Waals surface area contributed by atoms with E-state index in [-0.39, 0.29) is 28.9 Å². The molecule has 0 bridgehead atoms. The van der Waals surface area contributed by atoms with Gasteiger partial charge in [0.25, 0.3) is 0 Å². The first-order valence-corrected chi connectivity index (χ1v) is 14.7. The molecule has 2 aliphatic rings. The third-order valence-electron chi connectivity index (χ3n) is 7.64. The fourth-order valence-electron chi connectivity index (χ4n) is 5.42. The number of aromatic nitrogens is 2. The molecule has 2 aliphatic heterocycles. The number of halogens is 2. The van der Waals surface area contributed by atoms with Gasteiger partial charge in [-0.3, -0.25) is 4.90 Å². The Kier molecular flexibility index (Phi) is 7.64. The van der Waals surface area contributed by atoms with E-state index in [1.165, 1.54) is 16.8 Å². The molecule has 0 saturated carbocycles. The molecule has 0 amide bonds. The maximum atomic E-state index is 14.7. The van der Waals surface area contributed by atoms with Crippen LogP contribution < -0.4 is 15.5 Å². The molecule has 0 atom stereocenters. The van der Waals surface area contributed by atoms with Gasteiger partial charge in [-0.1, -0.05) is 11.6 Å². The van der Waals surface area contributed by atoms with Crippen LogP contribution in [0.5, 0.6) is 0 Å². The van der Waals surface area contributed by atoms with Crippen molar-refractivity contribution in [2.45, 2.75) is 57.7 Å². The standard InChI is InChI=1S/C25H37ClFN7O2S/c1-24(2)14-18(15-25(3,4)32(24)5)29-22-20(27)16-28-23(31-22)30-17-7-8-19(26)21(13-17)33-9-11-34(12-10-33)37(6,35)36/h7-8,13,16,18H,9-12,14-15H2,1-6H3,(H2,28,29,30,31). The first-order valence-electron chi connectivity index (χ1n) is 12.5. The van der Waals surface area contributed by atoms with Gasteiger partial charge >= 0.3 is 0 Å². The van der Waals surface area contributed by atoms with Crippen LogP contribution in [0, 0.1) is 5.82 Å². The molecule has 3 heterocycles. The smallest absolute Gasteiger partial charge is 0.229 e. The second-order valence-corrected chi connectivity index (χ2v) is 13.7. The number of anilines is 4. The lowest BCUT2D eigenvalue weighted by Gasteiger charge is -2.53. The Hall–Kier alpha value is -2.21.